The van der Waals surface area contributed by atoms with Crippen molar-refractivity contribution >= 4 is 11.6 Å². The molecule has 46 valence electrons. The summed E-state index contributed by atoms with van der Waals surface area (Å²) in [5.74, 6) is 0.0640. The SMILES string of the molecule is NC1=C(Cl)CN(O)O1. The van der Waals surface area contributed by atoms with E-state index in [2.05, 4.69) is 4.84 Å². The number of nitrogens with two attached hydrogens (primary N) is 1. The zero-order valence-electron chi connectivity index (χ0n) is 3.97. The Morgan fingerprint density at radius 3 is 2.62 bits per heavy atom. The minimum absolute atomic E-state index is 0.0640. The van der Waals surface area contributed by atoms with Gasteiger partial charge >= 0.3 is 0 Å². The van der Waals surface area contributed by atoms with Crippen LogP contribution in [-0.2, 0) is 4.84 Å². The van der Waals surface area contributed by atoms with Crippen LogP contribution in [-0.4, -0.2) is 17.0 Å². The third kappa shape index (κ3) is 0.861. The summed E-state index contributed by atoms with van der Waals surface area (Å²) >= 11 is 5.39. The van der Waals surface area contributed by atoms with Gasteiger partial charge in [-0.05, 0) is 5.23 Å². The molecule has 5 heteroatoms. The van der Waals surface area contributed by atoms with E-state index in [9.17, 15) is 0 Å². The predicted octanol–water partition coefficient (Wildman–Crippen LogP) is -0.0106. The fourth-order valence-electron chi connectivity index (χ4n) is 0.392. The van der Waals surface area contributed by atoms with E-state index in [0.29, 0.717) is 10.3 Å². The van der Waals surface area contributed by atoms with Gasteiger partial charge in [0.2, 0.25) is 5.88 Å². The standard InChI is InChI=1S/C3H5ClN2O2/c4-2-1-6(7)8-3(2)5/h7H,1,5H2. The van der Waals surface area contributed by atoms with Crippen LogP contribution >= 0.6 is 11.6 Å². The number of halogens is 1. The lowest BCUT2D eigenvalue weighted by atomic mass is 10.6. The highest BCUT2D eigenvalue weighted by Gasteiger charge is 2.17. The van der Waals surface area contributed by atoms with E-state index in [1.807, 2.05) is 0 Å². The number of hydrogen-bond donors (Lipinski definition) is 2. The second kappa shape index (κ2) is 1.81. The van der Waals surface area contributed by atoms with Gasteiger partial charge in [-0.3, -0.25) is 5.21 Å². The quantitative estimate of drug-likeness (QED) is 0.492. The Morgan fingerprint density at radius 1 is 1.88 bits per heavy atom. The summed E-state index contributed by atoms with van der Waals surface area (Å²) in [5.41, 5.74) is 5.09. The Labute approximate surface area is 51.0 Å². The number of nitrogens with zero attached hydrogens (tertiary/aromatic N) is 1. The fourth-order valence-corrected chi connectivity index (χ4v) is 0.529. The molecule has 1 aliphatic heterocycles. The van der Waals surface area contributed by atoms with Crippen LogP contribution in [0.15, 0.2) is 10.9 Å². The molecule has 0 spiro atoms. The van der Waals surface area contributed by atoms with Gasteiger partial charge in [0.05, 0.1) is 5.03 Å². The lowest BCUT2D eigenvalue weighted by Crippen LogP contribution is -2.14. The largest absolute Gasteiger partial charge is 0.367 e. The zero-order valence-corrected chi connectivity index (χ0v) is 4.72. The maximum atomic E-state index is 8.48. The first-order valence-corrected chi connectivity index (χ1v) is 2.36. The average Bonchev–Trinajstić information content (AvgIpc) is 1.85. The van der Waals surface area contributed by atoms with Crippen LogP contribution in [0.3, 0.4) is 0 Å². The van der Waals surface area contributed by atoms with Gasteiger partial charge in [0.1, 0.15) is 6.54 Å². The Kier molecular flexibility index (Phi) is 1.29. The van der Waals surface area contributed by atoms with Crippen molar-refractivity contribution in [1.82, 2.24) is 5.23 Å². The van der Waals surface area contributed by atoms with Crippen molar-refractivity contribution in [3.05, 3.63) is 10.9 Å². The van der Waals surface area contributed by atoms with Crippen LogP contribution in [0.2, 0.25) is 0 Å². The number of hydrogen-bond acceptors (Lipinski definition) is 4. The molecule has 1 heterocycles. The summed E-state index contributed by atoms with van der Waals surface area (Å²) in [6.45, 7) is 0.146. The molecule has 8 heavy (non-hydrogen) atoms. The summed E-state index contributed by atoms with van der Waals surface area (Å²) in [6, 6.07) is 0. The molecule has 0 aromatic heterocycles. The van der Waals surface area contributed by atoms with Crippen molar-refractivity contribution in [2.75, 3.05) is 6.54 Å². The van der Waals surface area contributed by atoms with E-state index in [1.165, 1.54) is 0 Å². The van der Waals surface area contributed by atoms with Gasteiger partial charge in [-0.2, -0.15) is 0 Å². The molecule has 0 aromatic carbocycles. The van der Waals surface area contributed by atoms with Crippen molar-refractivity contribution < 1.29 is 10.0 Å². The van der Waals surface area contributed by atoms with E-state index < -0.39 is 0 Å². The second-order valence-electron chi connectivity index (χ2n) is 1.37. The Bertz CT molecular complexity index is 121. The van der Waals surface area contributed by atoms with E-state index in [-0.39, 0.29) is 12.4 Å². The van der Waals surface area contributed by atoms with Crippen LogP contribution in [0.5, 0.6) is 0 Å². The molecular formula is C3H5ClN2O2. The van der Waals surface area contributed by atoms with Crippen molar-refractivity contribution in [2.24, 2.45) is 5.73 Å². The molecule has 0 fully saturated rings. The van der Waals surface area contributed by atoms with E-state index in [0.717, 1.165) is 0 Å². The topological polar surface area (TPSA) is 58.7 Å². The summed E-state index contributed by atoms with van der Waals surface area (Å²) in [7, 11) is 0. The first-order valence-electron chi connectivity index (χ1n) is 1.98. The van der Waals surface area contributed by atoms with Gasteiger partial charge in [0.15, 0.2) is 0 Å². The van der Waals surface area contributed by atoms with Gasteiger partial charge in [-0.1, -0.05) is 11.6 Å². The van der Waals surface area contributed by atoms with Gasteiger partial charge < -0.3 is 10.6 Å². The van der Waals surface area contributed by atoms with Crippen molar-refractivity contribution in [3.8, 4) is 0 Å². The third-order valence-electron chi connectivity index (χ3n) is 0.745. The van der Waals surface area contributed by atoms with E-state index in [1.54, 1.807) is 0 Å². The first-order chi connectivity index (χ1) is 3.70. The van der Waals surface area contributed by atoms with Crippen molar-refractivity contribution in [1.29, 1.82) is 0 Å². The molecule has 0 atom stereocenters. The highest BCUT2D eigenvalue weighted by molar-refractivity contribution is 6.30. The molecule has 1 aliphatic rings. The maximum Gasteiger partial charge on any atom is 0.229 e. The molecule has 0 radical (unpaired) electrons. The Hall–Kier alpha value is -0.450. The molecule has 0 aromatic rings. The van der Waals surface area contributed by atoms with Gasteiger partial charge in [0.25, 0.3) is 0 Å². The summed E-state index contributed by atoms with van der Waals surface area (Å²) in [5, 5.41) is 9.37. The molecular weight excluding hydrogens is 131 g/mol. The maximum absolute atomic E-state index is 8.48. The Balaban J connectivity index is 2.60. The number of hydroxylamine groups is 2. The summed E-state index contributed by atoms with van der Waals surface area (Å²) < 4.78 is 0. The van der Waals surface area contributed by atoms with Gasteiger partial charge in [-0.25, -0.2) is 0 Å². The second-order valence-corrected chi connectivity index (χ2v) is 1.83. The molecule has 0 saturated heterocycles. The van der Waals surface area contributed by atoms with E-state index >= 15 is 0 Å². The molecule has 0 saturated carbocycles. The minimum atomic E-state index is 0.0640. The highest BCUT2D eigenvalue weighted by atomic mass is 35.5. The van der Waals surface area contributed by atoms with Crippen LogP contribution in [0.25, 0.3) is 0 Å². The van der Waals surface area contributed by atoms with Gasteiger partial charge in [-0.15, -0.1) is 0 Å². The molecule has 0 unspecified atom stereocenters. The van der Waals surface area contributed by atoms with Crippen LogP contribution in [0, 0.1) is 0 Å². The van der Waals surface area contributed by atoms with Crippen molar-refractivity contribution in [3.63, 3.8) is 0 Å². The van der Waals surface area contributed by atoms with Crippen LogP contribution in [0.1, 0.15) is 0 Å². The van der Waals surface area contributed by atoms with Crippen molar-refractivity contribution in [2.45, 2.75) is 0 Å². The molecule has 1 rings (SSSR count). The lowest BCUT2D eigenvalue weighted by Gasteiger charge is -2.02. The molecule has 0 bridgehead atoms. The van der Waals surface area contributed by atoms with E-state index in [4.69, 9.17) is 22.5 Å². The average molecular weight is 137 g/mol. The normalized spacial score (nSPS) is 21.8. The fraction of sp³-hybridized carbons (Fsp3) is 0.333. The van der Waals surface area contributed by atoms with Crippen LogP contribution in [0.4, 0.5) is 0 Å². The minimum Gasteiger partial charge on any atom is -0.367 e. The summed E-state index contributed by atoms with van der Waals surface area (Å²) in [6.07, 6.45) is 0. The molecule has 3 N–H and O–H groups in total. The molecule has 4 nitrogen and oxygen atoms in total. The van der Waals surface area contributed by atoms with Crippen LogP contribution < -0.4 is 5.73 Å². The Morgan fingerprint density at radius 2 is 2.50 bits per heavy atom. The monoisotopic (exact) mass is 136 g/mol. The number of rotatable bonds is 0. The third-order valence-corrected chi connectivity index (χ3v) is 1.05. The highest BCUT2D eigenvalue weighted by Crippen LogP contribution is 2.15. The predicted molar refractivity (Wildman–Crippen MR) is 26.6 cm³/mol. The first kappa shape index (κ1) is 5.68. The molecule has 0 amide bonds. The van der Waals surface area contributed by atoms with Gasteiger partial charge in [0, 0.05) is 0 Å². The lowest BCUT2D eigenvalue weighted by molar-refractivity contribution is -0.299. The smallest absolute Gasteiger partial charge is 0.229 e. The zero-order chi connectivity index (χ0) is 6.15. The molecule has 0 aliphatic carbocycles. The summed E-state index contributed by atoms with van der Waals surface area (Å²) in [4.78, 5) is 4.39.